The zero-order chi connectivity index (χ0) is 15.4. The Kier molecular flexibility index (Phi) is 2.91. The SMILES string of the molecule is Cn1c2c(c(=O)n(C)c1=S)[C@H]1c3ccccc3OC[C@@H]1CO2. The molecule has 3 heterocycles. The number of para-hydroxylation sites is 1. The van der Waals surface area contributed by atoms with Crippen LogP contribution >= 0.6 is 12.2 Å². The molecule has 2 aromatic rings. The summed E-state index contributed by atoms with van der Waals surface area (Å²) >= 11 is 5.31. The average molecular weight is 316 g/mol. The van der Waals surface area contributed by atoms with E-state index in [-0.39, 0.29) is 17.4 Å². The van der Waals surface area contributed by atoms with Gasteiger partial charge in [0.2, 0.25) is 5.88 Å². The van der Waals surface area contributed by atoms with Crippen LogP contribution in [0.25, 0.3) is 0 Å². The maximum absolute atomic E-state index is 12.8. The van der Waals surface area contributed by atoms with E-state index in [4.69, 9.17) is 21.7 Å². The molecule has 0 bridgehead atoms. The van der Waals surface area contributed by atoms with Crippen LogP contribution in [0.2, 0.25) is 0 Å². The van der Waals surface area contributed by atoms with E-state index in [9.17, 15) is 4.79 Å². The molecule has 0 aliphatic carbocycles. The normalized spacial score (nSPS) is 21.9. The van der Waals surface area contributed by atoms with Gasteiger partial charge in [-0.2, -0.15) is 0 Å². The van der Waals surface area contributed by atoms with Gasteiger partial charge < -0.3 is 9.47 Å². The Bertz CT molecular complexity index is 884. The molecule has 2 aliphatic heterocycles. The van der Waals surface area contributed by atoms with Crippen LogP contribution in [-0.2, 0) is 14.1 Å². The van der Waals surface area contributed by atoms with Gasteiger partial charge in [-0.3, -0.25) is 13.9 Å². The molecular formula is C16H16N2O3S. The van der Waals surface area contributed by atoms with Crippen molar-refractivity contribution in [1.82, 2.24) is 9.13 Å². The van der Waals surface area contributed by atoms with Gasteiger partial charge in [-0.15, -0.1) is 0 Å². The number of ether oxygens (including phenoxy) is 2. The topological polar surface area (TPSA) is 45.4 Å². The van der Waals surface area contributed by atoms with Crippen molar-refractivity contribution in [3.05, 3.63) is 50.5 Å². The highest BCUT2D eigenvalue weighted by Crippen LogP contribution is 2.45. The zero-order valence-corrected chi connectivity index (χ0v) is 13.2. The second kappa shape index (κ2) is 4.71. The minimum Gasteiger partial charge on any atom is -0.493 e. The van der Waals surface area contributed by atoms with Gasteiger partial charge in [0.05, 0.1) is 18.8 Å². The van der Waals surface area contributed by atoms with Crippen molar-refractivity contribution in [3.8, 4) is 11.6 Å². The Morgan fingerprint density at radius 3 is 2.68 bits per heavy atom. The van der Waals surface area contributed by atoms with Crippen LogP contribution in [0.4, 0.5) is 0 Å². The number of nitrogens with zero attached hydrogens (tertiary/aromatic N) is 2. The number of hydrogen-bond acceptors (Lipinski definition) is 4. The molecule has 0 amide bonds. The van der Waals surface area contributed by atoms with Crippen LogP contribution in [0, 0.1) is 10.7 Å². The van der Waals surface area contributed by atoms with Crippen LogP contribution in [0.15, 0.2) is 29.1 Å². The van der Waals surface area contributed by atoms with Gasteiger partial charge in [-0.05, 0) is 18.3 Å². The number of fused-ring (bicyclic) bond motifs is 5. The average Bonchev–Trinajstić information content (AvgIpc) is 2.56. The molecular weight excluding hydrogens is 300 g/mol. The van der Waals surface area contributed by atoms with Gasteiger partial charge in [0.25, 0.3) is 5.56 Å². The molecule has 114 valence electrons. The highest BCUT2D eigenvalue weighted by molar-refractivity contribution is 7.71. The summed E-state index contributed by atoms with van der Waals surface area (Å²) in [5, 5.41) is 0. The molecule has 5 nitrogen and oxygen atoms in total. The van der Waals surface area contributed by atoms with Gasteiger partial charge >= 0.3 is 0 Å². The number of aromatic nitrogens is 2. The Morgan fingerprint density at radius 1 is 1.14 bits per heavy atom. The molecule has 0 unspecified atom stereocenters. The monoisotopic (exact) mass is 316 g/mol. The maximum Gasteiger partial charge on any atom is 0.261 e. The lowest BCUT2D eigenvalue weighted by molar-refractivity contribution is 0.116. The predicted molar refractivity (Wildman–Crippen MR) is 84.3 cm³/mol. The molecule has 4 rings (SSSR count). The van der Waals surface area contributed by atoms with Gasteiger partial charge in [-0.1, -0.05) is 18.2 Å². The van der Waals surface area contributed by atoms with E-state index in [1.165, 1.54) is 4.57 Å². The van der Waals surface area contributed by atoms with E-state index in [0.717, 1.165) is 11.3 Å². The van der Waals surface area contributed by atoms with E-state index < -0.39 is 0 Å². The number of hydrogen-bond donors (Lipinski definition) is 0. The summed E-state index contributed by atoms with van der Waals surface area (Å²) in [7, 11) is 3.55. The molecule has 0 saturated heterocycles. The minimum absolute atomic E-state index is 0.00537. The van der Waals surface area contributed by atoms with Gasteiger partial charge in [-0.25, -0.2) is 0 Å². The van der Waals surface area contributed by atoms with Gasteiger partial charge in [0.1, 0.15) is 5.75 Å². The third kappa shape index (κ3) is 1.70. The fourth-order valence-corrected chi connectivity index (χ4v) is 3.60. The summed E-state index contributed by atoms with van der Waals surface area (Å²) in [6.45, 7) is 1.09. The molecule has 0 fully saturated rings. The molecule has 0 N–H and O–H groups in total. The highest BCUT2D eigenvalue weighted by atomic mass is 32.1. The second-order valence-corrected chi connectivity index (χ2v) is 6.19. The van der Waals surface area contributed by atoms with Crippen molar-refractivity contribution in [3.63, 3.8) is 0 Å². The Hall–Kier alpha value is -2.08. The third-order valence-corrected chi connectivity index (χ3v) is 5.12. The van der Waals surface area contributed by atoms with E-state index in [0.29, 0.717) is 29.4 Å². The van der Waals surface area contributed by atoms with Crippen LogP contribution in [-0.4, -0.2) is 22.3 Å². The van der Waals surface area contributed by atoms with Crippen LogP contribution in [0.1, 0.15) is 17.0 Å². The first-order valence-electron chi connectivity index (χ1n) is 7.24. The smallest absolute Gasteiger partial charge is 0.261 e. The first-order valence-corrected chi connectivity index (χ1v) is 7.65. The summed E-state index contributed by atoms with van der Waals surface area (Å²) in [6.07, 6.45) is 0. The Labute approximate surface area is 132 Å². The van der Waals surface area contributed by atoms with Crippen LogP contribution in [0.5, 0.6) is 11.6 Å². The number of benzene rings is 1. The van der Waals surface area contributed by atoms with Crippen LogP contribution in [0.3, 0.4) is 0 Å². The molecule has 2 atom stereocenters. The lowest BCUT2D eigenvalue weighted by atomic mass is 9.79. The van der Waals surface area contributed by atoms with E-state index >= 15 is 0 Å². The van der Waals surface area contributed by atoms with Crippen molar-refractivity contribution in [2.45, 2.75) is 5.92 Å². The first-order chi connectivity index (χ1) is 10.6. The minimum atomic E-state index is -0.0792. The van der Waals surface area contributed by atoms with Crippen molar-refractivity contribution < 1.29 is 9.47 Å². The number of rotatable bonds is 0. The Morgan fingerprint density at radius 2 is 1.86 bits per heavy atom. The molecule has 0 radical (unpaired) electrons. The van der Waals surface area contributed by atoms with Crippen molar-refractivity contribution in [2.24, 2.45) is 20.0 Å². The predicted octanol–water partition coefficient (Wildman–Crippen LogP) is 1.99. The van der Waals surface area contributed by atoms with Gasteiger partial charge in [0.15, 0.2) is 4.77 Å². The molecule has 22 heavy (non-hydrogen) atoms. The van der Waals surface area contributed by atoms with Crippen molar-refractivity contribution in [1.29, 1.82) is 0 Å². The summed E-state index contributed by atoms with van der Waals surface area (Å²) in [5.41, 5.74) is 1.66. The summed E-state index contributed by atoms with van der Waals surface area (Å²) < 4.78 is 15.4. The molecule has 6 heteroatoms. The fraction of sp³-hybridized carbons (Fsp3) is 0.375. The maximum atomic E-state index is 12.8. The molecule has 2 aliphatic rings. The summed E-state index contributed by atoms with van der Waals surface area (Å²) in [5.74, 6) is 1.58. The van der Waals surface area contributed by atoms with E-state index in [2.05, 4.69) is 0 Å². The Balaban J connectivity index is 2.05. The third-order valence-electron chi connectivity index (χ3n) is 4.57. The zero-order valence-electron chi connectivity index (χ0n) is 12.4. The lowest BCUT2D eigenvalue weighted by Gasteiger charge is -2.38. The van der Waals surface area contributed by atoms with E-state index in [1.807, 2.05) is 31.3 Å². The van der Waals surface area contributed by atoms with Crippen LogP contribution < -0.4 is 15.0 Å². The molecule has 1 aromatic heterocycles. The fourth-order valence-electron chi connectivity index (χ4n) is 3.43. The van der Waals surface area contributed by atoms with Crippen molar-refractivity contribution in [2.75, 3.05) is 13.2 Å². The molecule has 0 saturated carbocycles. The largest absolute Gasteiger partial charge is 0.493 e. The summed E-state index contributed by atoms with van der Waals surface area (Å²) in [6, 6.07) is 7.91. The van der Waals surface area contributed by atoms with E-state index in [1.54, 1.807) is 11.6 Å². The summed E-state index contributed by atoms with van der Waals surface area (Å²) in [4.78, 5) is 12.8. The second-order valence-electron chi connectivity index (χ2n) is 5.82. The lowest BCUT2D eigenvalue weighted by Crippen LogP contribution is -2.41. The molecule has 0 spiro atoms. The van der Waals surface area contributed by atoms with Crippen molar-refractivity contribution >= 4 is 12.2 Å². The molecule has 1 aromatic carbocycles. The first kappa shape index (κ1) is 13.6. The van der Waals surface area contributed by atoms with Gasteiger partial charge in [0, 0.05) is 31.5 Å². The quantitative estimate of drug-likeness (QED) is 0.697. The highest BCUT2D eigenvalue weighted by Gasteiger charge is 2.40. The standard InChI is InChI=1S/C16H16N2O3S/c1-17-14(19)13-12-9(8-21-15(13)18(2)16(17)22)7-20-11-6-4-3-5-10(11)12/h3-6,9,12H,7-8H2,1-2H3/t9-,12-/m1/s1.